The van der Waals surface area contributed by atoms with Crippen LogP contribution in [0.3, 0.4) is 0 Å². The van der Waals surface area contributed by atoms with Gasteiger partial charge in [-0.1, -0.05) is 24.2 Å². The van der Waals surface area contributed by atoms with E-state index in [-0.39, 0.29) is 19.6 Å². The Bertz CT molecular complexity index is 1530. The van der Waals surface area contributed by atoms with Gasteiger partial charge in [-0.25, -0.2) is 9.97 Å². The average molecular weight is 545 g/mol. The number of fused-ring (bicyclic) bond motifs is 1. The van der Waals surface area contributed by atoms with Crippen molar-refractivity contribution < 1.29 is 19.4 Å². The van der Waals surface area contributed by atoms with Crippen LogP contribution in [0, 0.1) is 0 Å². The maximum Gasteiger partial charge on any atom is 0.247 e. The van der Waals surface area contributed by atoms with Gasteiger partial charge in [-0.2, -0.15) is 0 Å². The highest BCUT2D eigenvalue weighted by Gasteiger charge is 2.38. The molecule has 39 heavy (non-hydrogen) atoms. The number of rotatable bonds is 8. The number of ether oxygens (including phenoxy) is 1. The lowest BCUT2D eigenvalue weighted by atomic mass is 10.1. The van der Waals surface area contributed by atoms with Gasteiger partial charge in [0.1, 0.15) is 30.5 Å². The molecule has 3 N–H and O–H groups in total. The van der Waals surface area contributed by atoms with E-state index in [9.17, 15) is 14.7 Å². The number of aliphatic hydroxyl groups is 1. The van der Waals surface area contributed by atoms with Crippen LogP contribution in [0.2, 0.25) is 5.02 Å². The number of halogens is 1. The lowest BCUT2D eigenvalue weighted by molar-refractivity contribution is -0.132. The fourth-order valence-corrected chi connectivity index (χ4v) is 4.59. The van der Waals surface area contributed by atoms with Crippen LogP contribution in [0.15, 0.2) is 79.8 Å². The number of nitrogens with zero attached hydrogens (tertiary/aromatic N) is 4. The summed E-state index contributed by atoms with van der Waals surface area (Å²) in [5, 5.41) is 17.2. The van der Waals surface area contributed by atoms with E-state index in [0.717, 1.165) is 11.8 Å². The Hall–Kier alpha value is -4.54. The Morgan fingerprint density at radius 1 is 1.13 bits per heavy atom. The monoisotopic (exact) mass is 544 g/mol. The summed E-state index contributed by atoms with van der Waals surface area (Å²) in [6, 6.07) is 15.3. The second kappa shape index (κ2) is 11.5. The molecule has 1 fully saturated rings. The van der Waals surface area contributed by atoms with Gasteiger partial charge in [-0.3, -0.25) is 14.6 Å². The van der Waals surface area contributed by atoms with Gasteiger partial charge in [0, 0.05) is 35.9 Å². The van der Waals surface area contributed by atoms with Crippen molar-refractivity contribution in [1.82, 2.24) is 19.9 Å². The molecule has 3 heterocycles. The normalized spacial score (nSPS) is 16.6. The smallest absolute Gasteiger partial charge is 0.247 e. The molecular formula is C28H25ClN6O4. The summed E-state index contributed by atoms with van der Waals surface area (Å²) in [6.45, 7) is 3.85. The van der Waals surface area contributed by atoms with Crippen molar-refractivity contribution in [2.24, 2.45) is 0 Å². The number of nitrogens with one attached hydrogen (secondary N) is 2. The summed E-state index contributed by atoms with van der Waals surface area (Å²) in [5.41, 5.74) is 2.62. The van der Waals surface area contributed by atoms with Crippen LogP contribution in [0.25, 0.3) is 10.9 Å². The Kier molecular flexibility index (Phi) is 7.67. The third kappa shape index (κ3) is 5.97. The lowest BCUT2D eigenvalue weighted by Crippen LogP contribution is -2.42. The van der Waals surface area contributed by atoms with Crippen molar-refractivity contribution in [2.45, 2.75) is 25.2 Å². The molecule has 2 aromatic carbocycles. The molecule has 2 atom stereocenters. The van der Waals surface area contributed by atoms with Crippen LogP contribution >= 0.6 is 11.6 Å². The summed E-state index contributed by atoms with van der Waals surface area (Å²) >= 11 is 6.46. The fourth-order valence-electron chi connectivity index (χ4n) is 4.35. The van der Waals surface area contributed by atoms with Gasteiger partial charge in [0.15, 0.2) is 0 Å². The molecule has 198 valence electrons. The molecule has 0 radical (unpaired) electrons. The average Bonchev–Trinajstić information content (AvgIpc) is 3.35. The molecule has 2 amide bonds. The first-order valence-electron chi connectivity index (χ1n) is 12.2. The predicted octanol–water partition coefficient (Wildman–Crippen LogP) is 4.09. The molecular weight excluding hydrogens is 520 g/mol. The molecule has 0 unspecified atom stereocenters. The maximum atomic E-state index is 13.0. The molecule has 10 nitrogen and oxygen atoms in total. The van der Waals surface area contributed by atoms with E-state index in [1.54, 1.807) is 36.5 Å². The molecule has 1 aliphatic heterocycles. The third-order valence-corrected chi connectivity index (χ3v) is 6.53. The first-order chi connectivity index (χ1) is 18.9. The van der Waals surface area contributed by atoms with E-state index in [4.69, 9.17) is 16.3 Å². The van der Waals surface area contributed by atoms with Crippen molar-refractivity contribution in [3.05, 3.63) is 90.5 Å². The molecule has 0 saturated carbocycles. The number of amides is 2. The summed E-state index contributed by atoms with van der Waals surface area (Å²) in [6.07, 6.45) is 3.65. The number of β-amino-alcohol motifs (C(OH)–C–C–N with tert-alkyl or cyclic N) is 1. The number of anilines is 3. The molecule has 0 spiro atoms. The second-order valence-electron chi connectivity index (χ2n) is 8.92. The molecule has 0 aliphatic carbocycles. The van der Waals surface area contributed by atoms with Gasteiger partial charge >= 0.3 is 0 Å². The molecule has 5 rings (SSSR count). The largest absolute Gasteiger partial charge is 0.486 e. The van der Waals surface area contributed by atoms with Crippen molar-refractivity contribution in [3.63, 3.8) is 0 Å². The Morgan fingerprint density at radius 2 is 1.97 bits per heavy atom. The quantitative estimate of drug-likeness (QED) is 0.283. The number of benzene rings is 2. The molecule has 2 aromatic heterocycles. The van der Waals surface area contributed by atoms with Gasteiger partial charge in [0.2, 0.25) is 11.8 Å². The van der Waals surface area contributed by atoms with Crippen LogP contribution in [-0.2, 0) is 16.2 Å². The fraction of sp³-hybridized carbons (Fsp3) is 0.179. The number of likely N-dealkylation sites (tertiary alicyclic amines) is 1. The van der Waals surface area contributed by atoms with Crippen molar-refractivity contribution in [1.29, 1.82) is 0 Å². The van der Waals surface area contributed by atoms with E-state index >= 15 is 0 Å². The minimum absolute atomic E-state index is 0.0815. The van der Waals surface area contributed by atoms with Crippen molar-refractivity contribution >= 4 is 51.5 Å². The van der Waals surface area contributed by atoms with Gasteiger partial charge in [-0.05, 0) is 54.6 Å². The number of aromatic nitrogens is 3. The zero-order chi connectivity index (χ0) is 27.4. The van der Waals surface area contributed by atoms with E-state index in [1.807, 2.05) is 24.3 Å². The highest BCUT2D eigenvalue weighted by molar-refractivity contribution is 6.32. The summed E-state index contributed by atoms with van der Waals surface area (Å²) in [4.78, 5) is 39.4. The molecule has 11 heteroatoms. The van der Waals surface area contributed by atoms with E-state index in [1.165, 1.54) is 11.2 Å². The number of carbonyl (C=O) groups excluding carboxylic acids is 2. The van der Waals surface area contributed by atoms with Crippen LogP contribution in [0.1, 0.15) is 12.1 Å². The van der Waals surface area contributed by atoms with Gasteiger partial charge in [-0.15, -0.1) is 0 Å². The Morgan fingerprint density at radius 3 is 2.74 bits per heavy atom. The number of pyridine rings is 1. The van der Waals surface area contributed by atoms with Crippen LogP contribution in [-0.4, -0.2) is 55.5 Å². The summed E-state index contributed by atoms with van der Waals surface area (Å²) in [7, 11) is 0. The first-order valence-corrected chi connectivity index (χ1v) is 12.5. The van der Waals surface area contributed by atoms with Gasteiger partial charge in [0.05, 0.1) is 22.3 Å². The third-order valence-electron chi connectivity index (χ3n) is 6.24. The van der Waals surface area contributed by atoms with Crippen LogP contribution < -0.4 is 15.4 Å². The SMILES string of the molecule is C=CC(=O)N1C[C@H](O)C[C@H]1C(=O)Nc1ccc2ncnc(Nc3ccc(OCc4ccccn4)c(Cl)c3)c2c1. The van der Waals surface area contributed by atoms with E-state index < -0.39 is 24.0 Å². The molecule has 0 bridgehead atoms. The van der Waals surface area contributed by atoms with Gasteiger partial charge < -0.3 is 25.4 Å². The summed E-state index contributed by atoms with van der Waals surface area (Å²) < 4.78 is 5.80. The molecule has 1 saturated heterocycles. The zero-order valence-corrected chi connectivity index (χ0v) is 21.5. The lowest BCUT2D eigenvalue weighted by Gasteiger charge is -2.22. The Labute approximate surface area is 229 Å². The molecule has 4 aromatic rings. The number of aliphatic hydroxyl groups excluding tert-OH is 1. The van der Waals surface area contributed by atoms with E-state index in [0.29, 0.717) is 38.9 Å². The van der Waals surface area contributed by atoms with E-state index in [2.05, 4.69) is 32.2 Å². The number of hydrogen-bond donors (Lipinski definition) is 3. The topological polar surface area (TPSA) is 130 Å². The minimum atomic E-state index is -0.800. The van der Waals surface area contributed by atoms with Crippen molar-refractivity contribution in [2.75, 3.05) is 17.2 Å². The zero-order valence-electron chi connectivity index (χ0n) is 20.8. The van der Waals surface area contributed by atoms with Crippen LogP contribution in [0.4, 0.5) is 17.2 Å². The number of hydrogen-bond acceptors (Lipinski definition) is 8. The van der Waals surface area contributed by atoms with Crippen LogP contribution in [0.5, 0.6) is 5.75 Å². The predicted molar refractivity (Wildman–Crippen MR) is 148 cm³/mol. The molecule has 1 aliphatic rings. The highest BCUT2D eigenvalue weighted by Crippen LogP contribution is 2.32. The second-order valence-corrected chi connectivity index (χ2v) is 9.33. The Balaban J connectivity index is 1.32. The minimum Gasteiger partial charge on any atom is -0.486 e. The standard InChI is InChI=1S/C28H25ClN6O4/c1-2-26(37)35-14-20(36)13-24(35)28(38)34-17-6-8-23-21(11-17)27(32-16-31-23)33-18-7-9-25(22(29)12-18)39-15-19-5-3-4-10-30-19/h2-12,16,20,24,36H,1,13-15H2,(H,34,38)(H,31,32,33)/t20-,24+/m1/s1. The maximum absolute atomic E-state index is 13.0. The van der Waals surface area contributed by atoms with Crippen molar-refractivity contribution in [3.8, 4) is 5.75 Å². The first kappa shape index (κ1) is 26.1. The number of carbonyl (C=O) groups is 2. The highest BCUT2D eigenvalue weighted by atomic mass is 35.5. The summed E-state index contributed by atoms with van der Waals surface area (Å²) in [5.74, 6) is 0.220. The van der Waals surface area contributed by atoms with Gasteiger partial charge in [0.25, 0.3) is 0 Å².